The lowest BCUT2D eigenvalue weighted by Gasteiger charge is -2.10. The maximum Gasteiger partial charge on any atom is 0.333 e. The van der Waals surface area contributed by atoms with E-state index in [0.29, 0.717) is 21.3 Å². The van der Waals surface area contributed by atoms with Crippen LogP contribution >= 0.6 is 11.3 Å². The molecule has 0 bridgehead atoms. The maximum atomic E-state index is 12.6. The molecule has 0 saturated heterocycles. The fourth-order valence-electron chi connectivity index (χ4n) is 2.57. The number of nitrogens with one attached hydrogen (secondary N) is 1. The fourth-order valence-corrected chi connectivity index (χ4v) is 3.54. The lowest BCUT2D eigenvalue weighted by molar-refractivity contribution is -0.384. The van der Waals surface area contributed by atoms with Crippen molar-refractivity contribution in [3.63, 3.8) is 0 Å². The van der Waals surface area contributed by atoms with E-state index in [-0.39, 0.29) is 11.3 Å². The molecule has 0 spiro atoms. The van der Waals surface area contributed by atoms with Gasteiger partial charge in [-0.1, -0.05) is 11.3 Å². The summed E-state index contributed by atoms with van der Waals surface area (Å²) in [5.74, 6) is -0.474. The van der Waals surface area contributed by atoms with E-state index >= 15 is 0 Å². The summed E-state index contributed by atoms with van der Waals surface area (Å²) >= 11 is 1.12. The Labute approximate surface area is 156 Å². The van der Waals surface area contributed by atoms with Gasteiger partial charge in [0.25, 0.3) is 11.2 Å². The molecule has 0 aliphatic carbocycles. The number of thiazole rings is 1. The highest BCUT2D eigenvalue weighted by atomic mass is 32.1. The van der Waals surface area contributed by atoms with Crippen LogP contribution in [0.5, 0.6) is 5.88 Å². The van der Waals surface area contributed by atoms with Crippen LogP contribution in [0.15, 0.2) is 33.9 Å². The number of aromatic nitrogens is 3. The zero-order chi connectivity index (χ0) is 19.9. The first-order valence-electron chi connectivity index (χ1n) is 7.69. The van der Waals surface area contributed by atoms with Crippen molar-refractivity contribution >= 4 is 22.2 Å². The molecule has 140 valence electrons. The van der Waals surface area contributed by atoms with E-state index in [1.807, 2.05) is 0 Å². The molecule has 0 saturated carbocycles. The number of non-ortho nitro benzene ring substituents is 1. The van der Waals surface area contributed by atoms with Crippen LogP contribution < -0.4 is 16.6 Å². The van der Waals surface area contributed by atoms with E-state index in [2.05, 4.69) is 10.3 Å². The second-order valence-corrected chi connectivity index (χ2v) is 6.65. The third-order valence-corrected chi connectivity index (χ3v) is 5.14. The number of benzene rings is 1. The Morgan fingerprint density at radius 2 is 1.81 bits per heavy atom. The molecular formula is C16H15N5O5S. The topological polar surface area (TPSA) is 132 Å². The number of rotatable bonds is 4. The Balaban J connectivity index is 2.31. The van der Waals surface area contributed by atoms with Crippen molar-refractivity contribution in [2.24, 2.45) is 14.1 Å². The predicted octanol–water partition coefficient (Wildman–Crippen LogP) is 1.53. The molecule has 0 fully saturated rings. The molecule has 0 atom stereocenters. The van der Waals surface area contributed by atoms with Crippen molar-refractivity contribution in [2.45, 2.75) is 0 Å². The van der Waals surface area contributed by atoms with Gasteiger partial charge in [0.05, 0.1) is 15.5 Å². The van der Waals surface area contributed by atoms with Crippen molar-refractivity contribution in [1.82, 2.24) is 14.1 Å². The van der Waals surface area contributed by atoms with E-state index in [4.69, 9.17) is 0 Å². The van der Waals surface area contributed by atoms with Gasteiger partial charge in [0.15, 0.2) is 5.13 Å². The minimum atomic E-state index is -0.662. The molecule has 2 N–H and O–H groups in total. The lowest BCUT2D eigenvalue weighted by atomic mass is 10.1. The van der Waals surface area contributed by atoms with E-state index < -0.39 is 22.1 Å². The summed E-state index contributed by atoms with van der Waals surface area (Å²) < 4.78 is 1.86. The van der Waals surface area contributed by atoms with Gasteiger partial charge in [0, 0.05) is 38.8 Å². The predicted molar refractivity (Wildman–Crippen MR) is 101 cm³/mol. The molecule has 0 unspecified atom stereocenters. The van der Waals surface area contributed by atoms with Crippen LogP contribution in [0.1, 0.15) is 0 Å². The minimum absolute atomic E-state index is 0.0630. The summed E-state index contributed by atoms with van der Waals surface area (Å²) in [7, 11) is 4.33. The molecule has 2 aromatic heterocycles. The van der Waals surface area contributed by atoms with Crippen LogP contribution in [0.4, 0.5) is 10.8 Å². The van der Waals surface area contributed by atoms with Gasteiger partial charge in [-0.25, -0.2) is 9.78 Å². The van der Waals surface area contributed by atoms with Crippen LogP contribution in [-0.4, -0.2) is 31.2 Å². The highest BCUT2D eigenvalue weighted by Gasteiger charge is 2.24. The molecule has 27 heavy (non-hydrogen) atoms. The molecule has 10 nitrogen and oxygen atoms in total. The van der Waals surface area contributed by atoms with Gasteiger partial charge in [-0.05, 0) is 12.1 Å². The van der Waals surface area contributed by atoms with Gasteiger partial charge in [0.2, 0.25) is 5.88 Å². The number of aromatic hydroxyl groups is 1. The molecule has 1 aromatic carbocycles. The standard InChI is InChI=1S/C16H15N5O5S/c1-17-15-18-11(8-4-6-9(7-5-8)21(25)26)12(27-15)10-13(22)19(2)16(24)20(3)14(10)23/h4-7,22H,1-3H3,(H,17,18). The number of nitrogens with zero attached hydrogens (tertiary/aromatic N) is 4. The molecule has 2 heterocycles. The van der Waals surface area contributed by atoms with Gasteiger partial charge >= 0.3 is 5.69 Å². The third-order valence-electron chi connectivity index (χ3n) is 4.05. The van der Waals surface area contributed by atoms with E-state index in [0.717, 1.165) is 20.5 Å². The first-order valence-corrected chi connectivity index (χ1v) is 8.50. The van der Waals surface area contributed by atoms with Gasteiger partial charge in [-0.2, -0.15) is 0 Å². The van der Waals surface area contributed by atoms with Crippen molar-refractivity contribution < 1.29 is 10.0 Å². The summed E-state index contributed by atoms with van der Waals surface area (Å²) in [6, 6.07) is 5.69. The number of nitro groups is 1. The fraction of sp³-hybridized carbons (Fsp3) is 0.188. The summed E-state index contributed by atoms with van der Waals surface area (Å²) in [5, 5.41) is 24.6. The smallest absolute Gasteiger partial charge is 0.333 e. The Bertz CT molecular complexity index is 1160. The van der Waals surface area contributed by atoms with Crippen molar-refractivity contribution in [3.8, 4) is 27.6 Å². The number of nitro benzene ring substituents is 1. The third kappa shape index (κ3) is 2.97. The Morgan fingerprint density at radius 3 is 2.37 bits per heavy atom. The Hall–Kier alpha value is -3.47. The molecule has 0 amide bonds. The average molecular weight is 389 g/mol. The summed E-state index contributed by atoms with van der Waals surface area (Å²) in [5.41, 5.74) is -0.562. The molecule has 0 aliphatic heterocycles. The second kappa shape index (κ2) is 6.68. The number of anilines is 1. The maximum absolute atomic E-state index is 12.6. The number of hydrogen-bond donors (Lipinski definition) is 2. The van der Waals surface area contributed by atoms with E-state index in [1.54, 1.807) is 7.05 Å². The van der Waals surface area contributed by atoms with E-state index in [1.165, 1.54) is 38.4 Å². The SMILES string of the molecule is CNc1nc(-c2ccc([N+](=O)[O-])cc2)c(-c2c(O)n(C)c(=O)n(C)c2=O)s1. The summed E-state index contributed by atoms with van der Waals surface area (Å²) in [6.07, 6.45) is 0. The monoisotopic (exact) mass is 389 g/mol. The molecular weight excluding hydrogens is 374 g/mol. The first kappa shape index (κ1) is 18.3. The Morgan fingerprint density at radius 1 is 1.19 bits per heavy atom. The highest BCUT2D eigenvalue weighted by molar-refractivity contribution is 7.19. The van der Waals surface area contributed by atoms with Crippen LogP contribution in [0.25, 0.3) is 21.7 Å². The molecule has 3 aromatic rings. The molecule has 3 rings (SSSR count). The van der Waals surface area contributed by atoms with Gasteiger partial charge in [0.1, 0.15) is 5.56 Å². The quantitative estimate of drug-likeness (QED) is 0.511. The van der Waals surface area contributed by atoms with Crippen LogP contribution in [0, 0.1) is 10.1 Å². The average Bonchev–Trinajstić information content (AvgIpc) is 3.09. The molecule has 11 heteroatoms. The highest BCUT2D eigenvalue weighted by Crippen LogP contribution is 2.40. The van der Waals surface area contributed by atoms with E-state index in [9.17, 15) is 24.8 Å². The summed E-state index contributed by atoms with van der Waals surface area (Å²) in [4.78, 5) is 39.7. The second-order valence-electron chi connectivity index (χ2n) is 5.66. The van der Waals surface area contributed by atoms with Gasteiger partial charge in [-0.15, -0.1) is 0 Å². The van der Waals surface area contributed by atoms with Crippen LogP contribution in [-0.2, 0) is 14.1 Å². The van der Waals surface area contributed by atoms with Crippen LogP contribution in [0.2, 0.25) is 0 Å². The Kier molecular flexibility index (Phi) is 4.54. The number of hydrogen-bond acceptors (Lipinski definition) is 8. The lowest BCUT2D eigenvalue weighted by Crippen LogP contribution is -2.37. The normalized spacial score (nSPS) is 10.8. The molecule has 0 radical (unpaired) electrons. The minimum Gasteiger partial charge on any atom is -0.494 e. The summed E-state index contributed by atoms with van der Waals surface area (Å²) in [6.45, 7) is 0. The van der Waals surface area contributed by atoms with Gasteiger partial charge < -0.3 is 10.4 Å². The van der Waals surface area contributed by atoms with Crippen LogP contribution in [0.3, 0.4) is 0 Å². The van der Waals surface area contributed by atoms with Crippen molar-refractivity contribution in [1.29, 1.82) is 0 Å². The zero-order valence-electron chi connectivity index (χ0n) is 14.6. The molecule has 0 aliphatic rings. The zero-order valence-corrected chi connectivity index (χ0v) is 15.4. The van der Waals surface area contributed by atoms with Crippen molar-refractivity contribution in [2.75, 3.05) is 12.4 Å². The first-order chi connectivity index (χ1) is 12.8. The van der Waals surface area contributed by atoms with Gasteiger partial charge in [-0.3, -0.25) is 24.0 Å². The van der Waals surface area contributed by atoms with Crippen molar-refractivity contribution in [3.05, 3.63) is 55.2 Å². The largest absolute Gasteiger partial charge is 0.494 e.